The summed E-state index contributed by atoms with van der Waals surface area (Å²) in [4.78, 5) is 12.1. The number of carbonyl (C=O) groups excluding carboxylic acids is 1. The molecule has 2 unspecified atom stereocenters. The molecule has 2 N–H and O–H groups in total. The molecule has 1 aromatic heterocycles. The molecule has 2 atom stereocenters. The number of halogens is 3. The minimum Gasteiger partial charge on any atom is -0.331 e. The van der Waals surface area contributed by atoms with Crippen molar-refractivity contribution in [1.29, 1.82) is 0 Å². The van der Waals surface area contributed by atoms with Crippen molar-refractivity contribution in [3.63, 3.8) is 0 Å². The summed E-state index contributed by atoms with van der Waals surface area (Å²) in [7, 11) is 0. The predicted octanol–water partition coefficient (Wildman–Crippen LogP) is 3.76. The zero-order valence-electron chi connectivity index (χ0n) is 14.4. The number of amides is 2. The molecule has 1 aliphatic carbocycles. The SMILES string of the molecule is Cc1cn(-c2ccc(NC(=O)NC3C=CCC=CC3C(F)(F)F)cc2)nn1. The summed E-state index contributed by atoms with van der Waals surface area (Å²) in [5.74, 6) is -1.76. The Morgan fingerprint density at radius 3 is 2.52 bits per heavy atom. The number of hydrogen-bond donors (Lipinski definition) is 2. The van der Waals surface area contributed by atoms with Crippen molar-refractivity contribution < 1.29 is 18.0 Å². The van der Waals surface area contributed by atoms with E-state index in [9.17, 15) is 18.0 Å². The number of nitrogens with zero attached hydrogens (tertiary/aromatic N) is 3. The highest BCUT2D eigenvalue weighted by molar-refractivity contribution is 5.89. The first kappa shape index (κ1) is 18.7. The Balaban J connectivity index is 1.65. The number of carbonyl (C=O) groups is 1. The molecular weight excluding hydrogens is 359 g/mol. The Bertz CT molecular complexity index is 855. The lowest BCUT2D eigenvalue weighted by atomic mass is 9.99. The maximum Gasteiger partial charge on any atom is 0.397 e. The fraction of sp³-hybridized carbons (Fsp3) is 0.278. The number of anilines is 1. The van der Waals surface area contributed by atoms with Crippen LogP contribution < -0.4 is 10.6 Å². The molecule has 0 saturated carbocycles. The number of allylic oxidation sites excluding steroid dienone is 2. The topological polar surface area (TPSA) is 71.8 Å². The van der Waals surface area contributed by atoms with Gasteiger partial charge in [0.1, 0.15) is 0 Å². The van der Waals surface area contributed by atoms with E-state index in [1.165, 1.54) is 12.2 Å². The minimum absolute atomic E-state index is 0.398. The molecular formula is C18H18F3N5O. The van der Waals surface area contributed by atoms with Crippen molar-refractivity contribution in [1.82, 2.24) is 20.3 Å². The molecule has 0 spiro atoms. The second-order valence-corrected chi connectivity index (χ2v) is 6.14. The monoisotopic (exact) mass is 377 g/mol. The Morgan fingerprint density at radius 1 is 1.19 bits per heavy atom. The molecule has 142 valence electrons. The van der Waals surface area contributed by atoms with E-state index in [-0.39, 0.29) is 0 Å². The molecule has 0 radical (unpaired) electrons. The predicted molar refractivity (Wildman–Crippen MR) is 94.5 cm³/mol. The molecule has 2 aromatic rings. The number of alkyl halides is 3. The van der Waals surface area contributed by atoms with Crippen LogP contribution in [0.25, 0.3) is 5.69 Å². The van der Waals surface area contributed by atoms with Crippen molar-refractivity contribution in [2.24, 2.45) is 5.92 Å². The molecule has 1 aromatic carbocycles. The Hall–Kier alpha value is -3.10. The Kier molecular flexibility index (Phi) is 5.29. The van der Waals surface area contributed by atoms with E-state index in [1.54, 1.807) is 41.2 Å². The summed E-state index contributed by atoms with van der Waals surface area (Å²) < 4.78 is 41.1. The van der Waals surface area contributed by atoms with Gasteiger partial charge in [-0.15, -0.1) is 5.10 Å². The zero-order valence-corrected chi connectivity index (χ0v) is 14.4. The van der Waals surface area contributed by atoms with E-state index in [4.69, 9.17) is 0 Å². The smallest absolute Gasteiger partial charge is 0.331 e. The average molecular weight is 377 g/mol. The van der Waals surface area contributed by atoms with Crippen molar-refractivity contribution in [2.45, 2.75) is 25.6 Å². The average Bonchev–Trinajstić information content (AvgIpc) is 2.89. The molecule has 0 saturated heterocycles. The van der Waals surface area contributed by atoms with Crippen LogP contribution in [0.2, 0.25) is 0 Å². The van der Waals surface area contributed by atoms with E-state index < -0.39 is 24.2 Å². The van der Waals surface area contributed by atoms with Crippen LogP contribution in [-0.2, 0) is 0 Å². The van der Waals surface area contributed by atoms with Gasteiger partial charge in [0.05, 0.1) is 29.5 Å². The third-order valence-corrected chi connectivity index (χ3v) is 4.02. The zero-order chi connectivity index (χ0) is 19.4. The number of aromatic nitrogens is 3. The van der Waals surface area contributed by atoms with Gasteiger partial charge in [-0.25, -0.2) is 9.48 Å². The molecule has 9 heteroatoms. The summed E-state index contributed by atoms with van der Waals surface area (Å²) in [5.41, 5.74) is 1.96. The highest BCUT2D eigenvalue weighted by Crippen LogP contribution is 2.32. The molecule has 0 aliphatic heterocycles. The summed E-state index contributed by atoms with van der Waals surface area (Å²) in [6.45, 7) is 1.81. The molecule has 0 fully saturated rings. The number of urea groups is 1. The van der Waals surface area contributed by atoms with E-state index in [0.29, 0.717) is 12.1 Å². The first-order chi connectivity index (χ1) is 12.8. The molecule has 6 nitrogen and oxygen atoms in total. The van der Waals surface area contributed by atoms with Gasteiger partial charge in [-0.05, 0) is 37.6 Å². The van der Waals surface area contributed by atoms with Gasteiger partial charge in [-0.3, -0.25) is 0 Å². The van der Waals surface area contributed by atoms with Crippen LogP contribution in [0.3, 0.4) is 0 Å². The normalized spacial score (nSPS) is 19.6. The lowest BCUT2D eigenvalue weighted by Gasteiger charge is -2.24. The summed E-state index contributed by atoms with van der Waals surface area (Å²) in [5, 5.41) is 12.8. The summed E-state index contributed by atoms with van der Waals surface area (Å²) in [6, 6.07) is 4.83. The number of hydrogen-bond acceptors (Lipinski definition) is 3. The highest BCUT2D eigenvalue weighted by atomic mass is 19.4. The third kappa shape index (κ3) is 4.75. The lowest BCUT2D eigenvalue weighted by Crippen LogP contribution is -2.45. The van der Waals surface area contributed by atoms with Crippen LogP contribution >= 0.6 is 0 Å². The van der Waals surface area contributed by atoms with E-state index in [1.807, 2.05) is 6.92 Å². The van der Waals surface area contributed by atoms with Crippen LogP contribution in [-0.4, -0.2) is 33.2 Å². The number of rotatable bonds is 3. The molecule has 0 bridgehead atoms. The van der Waals surface area contributed by atoms with Gasteiger partial charge in [-0.1, -0.05) is 29.5 Å². The van der Waals surface area contributed by atoms with Gasteiger partial charge >= 0.3 is 12.2 Å². The van der Waals surface area contributed by atoms with Gasteiger partial charge in [0.25, 0.3) is 0 Å². The maximum absolute atomic E-state index is 13.2. The van der Waals surface area contributed by atoms with E-state index in [2.05, 4.69) is 20.9 Å². The second kappa shape index (κ2) is 7.65. The third-order valence-electron chi connectivity index (χ3n) is 4.02. The van der Waals surface area contributed by atoms with Crippen molar-refractivity contribution >= 4 is 11.7 Å². The van der Waals surface area contributed by atoms with Gasteiger partial charge in [-0.2, -0.15) is 13.2 Å². The summed E-state index contributed by atoms with van der Waals surface area (Å²) in [6.07, 6.45) is 3.20. The van der Waals surface area contributed by atoms with E-state index >= 15 is 0 Å². The van der Waals surface area contributed by atoms with Crippen molar-refractivity contribution in [3.05, 3.63) is 60.5 Å². The van der Waals surface area contributed by atoms with E-state index in [0.717, 1.165) is 17.5 Å². The molecule has 27 heavy (non-hydrogen) atoms. The van der Waals surface area contributed by atoms with Gasteiger partial charge in [0.15, 0.2) is 0 Å². The van der Waals surface area contributed by atoms with Crippen LogP contribution in [0, 0.1) is 12.8 Å². The summed E-state index contributed by atoms with van der Waals surface area (Å²) >= 11 is 0. The van der Waals surface area contributed by atoms with Gasteiger partial charge in [0.2, 0.25) is 0 Å². The lowest BCUT2D eigenvalue weighted by molar-refractivity contribution is -0.164. The van der Waals surface area contributed by atoms with Crippen LogP contribution in [0.1, 0.15) is 12.1 Å². The molecule has 1 aliphatic rings. The Labute approximate surface area is 153 Å². The number of nitrogens with one attached hydrogen (secondary N) is 2. The second-order valence-electron chi connectivity index (χ2n) is 6.14. The molecule has 3 rings (SSSR count). The van der Waals surface area contributed by atoms with Crippen LogP contribution in [0.5, 0.6) is 0 Å². The quantitative estimate of drug-likeness (QED) is 0.800. The van der Waals surface area contributed by atoms with Gasteiger partial charge < -0.3 is 10.6 Å². The van der Waals surface area contributed by atoms with Crippen LogP contribution in [0.15, 0.2) is 54.8 Å². The first-order valence-corrected chi connectivity index (χ1v) is 8.30. The molecule has 1 heterocycles. The minimum atomic E-state index is -4.44. The van der Waals surface area contributed by atoms with Gasteiger partial charge in [0, 0.05) is 5.69 Å². The maximum atomic E-state index is 13.2. The fourth-order valence-electron chi connectivity index (χ4n) is 2.71. The number of benzene rings is 1. The Morgan fingerprint density at radius 2 is 1.89 bits per heavy atom. The largest absolute Gasteiger partial charge is 0.397 e. The standard InChI is InChI=1S/C18H18F3N5O/c1-12-11-26(25-24-12)14-9-7-13(8-10-14)22-17(27)23-16-6-4-2-3-5-15(16)18(19,20)21/h3-11,15-16H,2H2,1H3,(H2,22,23,27). The highest BCUT2D eigenvalue weighted by Gasteiger charge is 2.43. The first-order valence-electron chi connectivity index (χ1n) is 8.30. The molecule has 2 amide bonds. The van der Waals surface area contributed by atoms with Crippen molar-refractivity contribution in [3.8, 4) is 5.69 Å². The fourth-order valence-corrected chi connectivity index (χ4v) is 2.71. The number of aryl methyl sites for hydroxylation is 1. The van der Waals surface area contributed by atoms with Crippen molar-refractivity contribution in [2.75, 3.05) is 5.32 Å². The van der Waals surface area contributed by atoms with Crippen LogP contribution in [0.4, 0.5) is 23.7 Å².